The molecule has 0 atom stereocenters. The maximum absolute atomic E-state index is 13.0. The third-order valence-electron chi connectivity index (χ3n) is 2.47. The van der Waals surface area contributed by atoms with E-state index in [2.05, 4.69) is 0 Å². The van der Waals surface area contributed by atoms with Gasteiger partial charge in [0.25, 0.3) is 0 Å². The first-order valence-electron chi connectivity index (χ1n) is 4.96. The lowest BCUT2D eigenvalue weighted by Gasteiger charge is -2.08. The Kier molecular flexibility index (Phi) is 3.67. The minimum Gasteiger partial charge on any atom is -0.392 e. The van der Waals surface area contributed by atoms with Gasteiger partial charge in [0.05, 0.1) is 16.7 Å². The summed E-state index contributed by atoms with van der Waals surface area (Å²) in [6, 6.07) is 9.40. The van der Waals surface area contributed by atoms with Crippen LogP contribution in [0.15, 0.2) is 36.4 Å². The summed E-state index contributed by atoms with van der Waals surface area (Å²) in [7, 11) is 0. The van der Waals surface area contributed by atoms with E-state index >= 15 is 0 Å². The van der Waals surface area contributed by atoms with E-state index in [4.69, 9.17) is 23.2 Å². The van der Waals surface area contributed by atoms with Crippen molar-refractivity contribution in [2.45, 2.75) is 6.61 Å². The van der Waals surface area contributed by atoms with E-state index in [1.54, 1.807) is 24.3 Å². The minimum atomic E-state index is -0.377. The third-order valence-corrected chi connectivity index (χ3v) is 3.21. The van der Waals surface area contributed by atoms with Crippen LogP contribution < -0.4 is 0 Å². The van der Waals surface area contributed by atoms with Crippen LogP contribution >= 0.6 is 23.2 Å². The van der Waals surface area contributed by atoms with Crippen molar-refractivity contribution < 1.29 is 9.50 Å². The van der Waals surface area contributed by atoms with Crippen LogP contribution in [-0.4, -0.2) is 5.11 Å². The lowest BCUT2D eigenvalue weighted by Crippen LogP contribution is -1.91. The number of rotatable bonds is 2. The van der Waals surface area contributed by atoms with Gasteiger partial charge in [0, 0.05) is 0 Å². The molecule has 0 radical (unpaired) electrons. The zero-order chi connectivity index (χ0) is 12.4. The van der Waals surface area contributed by atoms with E-state index in [-0.39, 0.29) is 12.4 Å². The Morgan fingerprint density at radius 1 is 1.00 bits per heavy atom. The molecule has 0 saturated carbocycles. The Hall–Kier alpha value is -1.09. The molecule has 0 bridgehead atoms. The molecule has 2 aromatic carbocycles. The van der Waals surface area contributed by atoms with Crippen molar-refractivity contribution in [2.75, 3.05) is 0 Å². The Labute approximate surface area is 108 Å². The molecule has 1 nitrogen and oxygen atoms in total. The van der Waals surface area contributed by atoms with E-state index in [1.807, 2.05) is 0 Å². The van der Waals surface area contributed by atoms with Gasteiger partial charge in [-0.2, -0.15) is 0 Å². The number of hydrogen-bond donors (Lipinski definition) is 1. The van der Waals surface area contributed by atoms with Crippen molar-refractivity contribution in [3.8, 4) is 11.1 Å². The highest BCUT2D eigenvalue weighted by molar-refractivity contribution is 6.42. The summed E-state index contributed by atoms with van der Waals surface area (Å²) in [5, 5.41) is 10.1. The van der Waals surface area contributed by atoms with Crippen LogP contribution in [0.1, 0.15) is 5.56 Å². The fourth-order valence-electron chi connectivity index (χ4n) is 1.64. The van der Waals surface area contributed by atoms with Crippen LogP contribution in [0.3, 0.4) is 0 Å². The van der Waals surface area contributed by atoms with Crippen molar-refractivity contribution in [2.24, 2.45) is 0 Å². The molecule has 0 aliphatic heterocycles. The van der Waals surface area contributed by atoms with Gasteiger partial charge >= 0.3 is 0 Å². The highest BCUT2D eigenvalue weighted by atomic mass is 35.5. The lowest BCUT2D eigenvalue weighted by molar-refractivity contribution is 0.282. The molecular weight excluding hydrogens is 262 g/mol. The number of hydrogen-bond acceptors (Lipinski definition) is 1. The Bertz CT molecular complexity index is 555. The van der Waals surface area contributed by atoms with Crippen molar-refractivity contribution in [1.29, 1.82) is 0 Å². The molecule has 0 unspecified atom stereocenters. The first kappa shape index (κ1) is 12.4. The topological polar surface area (TPSA) is 20.2 Å². The van der Waals surface area contributed by atoms with Crippen molar-refractivity contribution in [3.63, 3.8) is 0 Å². The number of benzene rings is 2. The minimum absolute atomic E-state index is 0.229. The van der Waals surface area contributed by atoms with E-state index in [1.165, 1.54) is 12.1 Å². The van der Waals surface area contributed by atoms with Crippen molar-refractivity contribution >= 4 is 23.2 Å². The van der Waals surface area contributed by atoms with Crippen LogP contribution in [-0.2, 0) is 6.61 Å². The second kappa shape index (κ2) is 5.05. The summed E-state index contributed by atoms with van der Waals surface area (Å²) in [4.78, 5) is 0. The van der Waals surface area contributed by atoms with Gasteiger partial charge in [0.15, 0.2) is 0 Å². The van der Waals surface area contributed by atoms with Gasteiger partial charge in [-0.05, 0) is 41.0 Å². The van der Waals surface area contributed by atoms with E-state index in [9.17, 15) is 9.50 Å². The van der Waals surface area contributed by atoms with Gasteiger partial charge in [0.2, 0.25) is 0 Å². The molecular formula is C13H9Cl2FO. The van der Waals surface area contributed by atoms with E-state index in [0.717, 1.165) is 11.1 Å². The fraction of sp³-hybridized carbons (Fsp3) is 0.0769. The molecule has 17 heavy (non-hydrogen) atoms. The van der Waals surface area contributed by atoms with Gasteiger partial charge in [-0.15, -0.1) is 0 Å². The van der Waals surface area contributed by atoms with Gasteiger partial charge in [-0.25, -0.2) is 4.39 Å². The summed E-state index contributed by atoms with van der Waals surface area (Å²) >= 11 is 11.7. The van der Waals surface area contributed by atoms with Crippen LogP contribution in [0, 0.1) is 5.82 Å². The second-order valence-corrected chi connectivity index (χ2v) is 4.40. The molecule has 0 aliphatic carbocycles. The standard InChI is InChI=1S/C13H9Cl2FO/c14-12-4-1-8(6-13(12)15)11-3-2-10(16)5-9(11)7-17/h1-6,17H,7H2. The SMILES string of the molecule is OCc1cc(F)ccc1-c1ccc(Cl)c(Cl)c1. The molecule has 2 rings (SSSR count). The van der Waals surface area contributed by atoms with Crippen LogP contribution in [0.5, 0.6) is 0 Å². The predicted octanol–water partition coefficient (Wildman–Crippen LogP) is 4.29. The van der Waals surface area contributed by atoms with E-state index in [0.29, 0.717) is 15.6 Å². The molecule has 0 spiro atoms. The summed E-state index contributed by atoms with van der Waals surface area (Å²) in [6.45, 7) is -0.229. The summed E-state index contributed by atoms with van der Waals surface area (Å²) in [5.74, 6) is -0.377. The molecule has 88 valence electrons. The maximum atomic E-state index is 13.0. The molecule has 2 aromatic rings. The van der Waals surface area contributed by atoms with E-state index < -0.39 is 0 Å². The highest BCUT2D eigenvalue weighted by Gasteiger charge is 2.07. The maximum Gasteiger partial charge on any atom is 0.123 e. The van der Waals surface area contributed by atoms with Gasteiger partial charge in [-0.1, -0.05) is 35.3 Å². The average molecular weight is 271 g/mol. The Morgan fingerprint density at radius 2 is 1.76 bits per heavy atom. The molecule has 0 aliphatic rings. The largest absolute Gasteiger partial charge is 0.392 e. The highest BCUT2D eigenvalue weighted by Crippen LogP contribution is 2.30. The number of halogens is 3. The van der Waals surface area contributed by atoms with Gasteiger partial charge < -0.3 is 5.11 Å². The first-order valence-corrected chi connectivity index (χ1v) is 5.72. The smallest absolute Gasteiger partial charge is 0.123 e. The molecule has 0 amide bonds. The lowest BCUT2D eigenvalue weighted by atomic mass is 10.00. The van der Waals surface area contributed by atoms with Crippen molar-refractivity contribution in [3.05, 3.63) is 57.8 Å². The zero-order valence-corrected chi connectivity index (χ0v) is 10.3. The number of aliphatic hydroxyl groups excluding tert-OH is 1. The molecule has 4 heteroatoms. The zero-order valence-electron chi connectivity index (χ0n) is 8.75. The van der Waals surface area contributed by atoms with Gasteiger partial charge in [0.1, 0.15) is 5.82 Å². The third kappa shape index (κ3) is 2.60. The first-order chi connectivity index (χ1) is 8.11. The molecule has 0 heterocycles. The Morgan fingerprint density at radius 3 is 2.41 bits per heavy atom. The van der Waals surface area contributed by atoms with Crippen LogP contribution in [0.2, 0.25) is 10.0 Å². The van der Waals surface area contributed by atoms with Crippen LogP contribution in [0.25, 0.3) is 11.1 Å². The summed E-state index contributed by atoms with van der Waals surface area (Å²) in [6.07, 6.45) is 0. The van der Waals surface area contributed by atoms with Crippen molar-refractivity contribution in [1.82, 2.24) is 0 Å². The number of aliphatic hydroxyl groups is 1. The summed E-state index contributed by atoms with van der Waals surface area (Å²) in [5.41, 5.74) is 2.05. The second-order valence-electron chi connectivity index (χ2n) is 3.59. The Balaban J connectivity index is 2.55. The van der Waals surface area contributed by atoms with Gasteiger partial charge in [-0.3, -0.25) is 0 Å². The quantitative estimate of drug-likeness (QED) is 0.863. The molecule has 0 saturated heterocycles. The van der Waals surface area contributed by atoms with Crippen LogP contribution in [0.4, 0.5) is 4.39 Å². The molecule has 1 N–H and O–H groups in total. The summed E-state index contributed by atoms with van der Waals surface area (Å²) < 4.78 is 13.0. The fourth-order valence-corrected chi connectivity index (χ4v) is 1.94. The average Bonchev–Trinajstić information content (AvgIpc) is 2.32. The monoisotopic (exact) mass is 270 g/mol. The normalized spacial score (nSPS) is 10.6. The molecule has 0 aromatic heterocycles. The predicted molar refractivity (Wildman–Crippen MR) is 67.8 cm³/mol. The molecule has 0 fully saturated rings.